The second kappa shape index (κ2) is 8.89. The first kappa shape index (κ1) is 20.2. The molecule has 0 saturated carbocycles. The molecule has 1 aliphatic heterocycles. The molecular formula is C15H19ClF3N3O2. The van der Waals surface area contributed by atoms with E-state index >= 15 is 0 Å². The molecule has 2 rings (SSSR count). The summed E-state index contributed by atoms with van der Waals surface area (Å²) in [5, 5.41) is 8.09. The molecule has 0 aromatic heterocycles. The SMILES string of the molecule is Cl.O=C(CNC(=O)c1ccccc1C(F)(F)F)N[C@H]1CCCNC1. The maximum absolute atomic E-state index is 12.9. The molecule has 1 aliphatic rings. The molecule has 1 fully saturated rings. The number of piperidine rings is 1. The van der Waals surface area contributed by atoms with Crippen LogP contribution in [0, 0.1) is 0 Å². The number of nitrogens with one attached hydrogen (secondary N) is 3. The number of amides is 2. The van der Waals surface area contributed by atoms with Crippen molar-refractivity contribution >= 4 is 24.2 Å². The van der Waals surface area contributed by atoms with Crippen LogP contribution in [-0.2, 0) is 11.0 Å². The lowest BCUT2D eigenvalue weighted by Gasteiger charge is -2.23. The lowest BCUT2D eigenvalue weighted by Crippen LogP contribution is -2.48. The van der Waals surface area contributed by atoms with Crippen LogP contribution in [0.4, 0.5) is 13.2 Å². The summed E-state index contributed by atoms with van der Waals surface area (Å²) in [5.74, 6) is -1.34. The van der Waals surface area contributed by atoms with Gasteiger partial charge in [-0.3, -0.25) is 9.59 Å². The fourth-order valence-corrected chi connectivity index (χ4v) is 2.44. The van der Waals surface area contributed by atoms with E-state index in [1.807, 2.05) is 0 Å². The molecule has 134 valence electrons. The minimum absolute atomic E-state index is 0. The van der Waals surface area contributed by atoms with Crippen LogP contribution in [0.5, 0.6) is 0 Å². The van der Waals surface area contributed by atoms with Gasteiger partial charge in [0.2, 0.25) is 5.91 Å². The van der Waals surface area contributed by atoms with Crippen molar-refractivity contribution in [3.63, 3.8) is 0 Å². The molecule has 0 spiro atoms. The summed E-state index contributed by atoms with van der Waals surface area (Å²) in [5.41, 5.74) is -1.51. The van der Waals surface area contributed by atoms with E-state index in [2.05, 4.69) is 16.0 Å². The Balaban J connectivity index is 0.00000288. The van der Waals surface area contributed by atoms with Crippen LogP contribution >= 0.6 is 12.4 Å². The number of carbonyl (C=O) groups is 2. The third-order valence-corrected chi connectivity index (χ3v) is 3.55. The number of hydrogen-bond acceptors (Lipinski definition) is 3. The predicted molar refractivity (Wildman–Crippen MR) is 85.1 cm³/mol. The molecule has 1 heterocycles. The summed E-state index contributed by atoms with van der Waals surface area (Å²) >= 11 is 0. The zero-order valence-electron chi connectivity index (χ0n) is 12.8. The highest BCUT2D eigenvalue weighted by molar-refractivity contribution is 5.97. The van der Waals surface area contributed by atoms with Crippen molar-refractivity contribution < 1.29 is 22.8 Å². The number of alkyl halides is 3. The quantitative estimate of drug-likeness (QED) is 0.761. The molecule has 1 saturated heterocycles. The molecule has 5 nitrogen and oxygen atoms in total. The van der Waals surface area contributed by atoms with E-state index < -0.39 is 29.1 Å². The third kappa shape index (κ3) is 5.68. The molecule has 0 unspecified atom stereocenters. The van der Waals surface area contributed by atoms with E-state index in [0.717, 1.165) is 31.5 Å². The smallest absolute Gasteiger partial charge is 0.351 e. The zero-order chi connectivity index (χ0) is 16.9. The Morgan fingerprint density at radius 3 is 2.58 bits per heavy atom. The molecule has 0 bridgehead atoms. The zero-order valence-corrected chi connectivity index (χ0v) is 13.6. The van der Waals surface area contributed by atoms with Gasteiger partial charge in [0.1, 0.15) is 0 Å². The summed E-state index contributed by atoms with van der Waals surface area (Å²) in [6.07, 6.45) is -2.84. The fourth-order valence-electron chi connectivity index (χ4n) is 2.44. The van der Waals surface area contributed by atoms with Crippen LogP contribution in [0.25, 0.3) is 0 Å². The van der Waals surface area contributed by atoms with E-state index in [4.69, 9.17) is 0 Å². The highest BCUT2D eigenvalue weighted by Crippen LogP contribution is 2.31. The van der Waals surface area contributed by atoms with E-state index in [-0.39, 0.29) is 25.0 Å². The second-order valence-electron chi connectivity index (χ2n) is 5.34. The first-order valence-corrected chi connectivity index (χ1v) is 7.32. The molecule has 2 amide bonds. The Morgan fingerprint density at radius 1 is 1.25 bits per heavy atom. The fraction of sp³-hybridized carbons (Fsp3) is 0.467. The van der Waals surface area contributed by atoms with Crippen LogP contribution in [0.2, 0.25) is 0 Å². The van der Waals surface area contributed by atoms with E-state index in [1.165, 1.54) is 12.1 Å². The average molecular weight is 366 g/mol. The summed E-state index contributed by atoms with van der Waals surface area (Å²) in [4.78, 5) is 23.7. The Morgan fingerprint density at radius 2 is 1.96 bits per heavy atom. The minimum atomic E-state index is -4.62. The highest BCUT2D eigenvalue weighted by Gasteiger charge is 2.34. The lowest BCUT2D eigenvalue weighted by molar-refractivity contribution is -0.137. The molecule has 1 aromatic carbocycles. The Bertz CT molecular complexity index is 575. The van der Waals surface area contributed by atoms with Gasteiger partial charge in [-0.05, 0) is 31.5 Å². The van der Waals surface area contributed by atoms with E-state index in [1.54, 1.807) is 0 Å². The van der Waals surface area contributed by atoms with Gasteiger partial charge in [-0.1, -0.05) is 12.1 Å². The largest absolute Gasteiger partial charge is 0.417 e. The maximum Gasteiger partial charge on any atom is 0.417 e. The van der Waals surface area contributed by atoms with E-state index in [0.29, 0.717) is 6.54 Å². The van der Waals surface area contributed by atoms with Gasteiger partial charge in [0.25, 0.3) is 5.91 Å². The van der Waals surface area contributed by atoms with Gasteiger partial charge in [-0.2, -0.15) is 13.2 Å². The lowest BCUT2D eigenvalue weighted by atomic mass is 10.1. The van der Waals surface area contributed by atoms with Crippen molar-refractivity contribution in [1.82, 2.24) is 16.0 Å². The van der Waals surface area contributed by atoms with Crippen molar-refractivity contribution in [2.45, 2.75) is 25.1 Å². The number of hydrogen-bond donors (Lipinski definition) is 3. The Kier molecular flexibility index (Phi) is 7.50. The van der Waals surface area contributed by atoms with Gasteiger partial charge in [-0.15, -0.1) is 12.4 Å². The number of halogens is 4. The van der Waals surface area contributed by atoms with Crippen molar-refractivity contribution in [3.8, 4) is 0 Å². The van der Waals surface area contributed by atoms with Crippen molar-refractivity contribution in [2.75, 3.05) is 19.6 Å². The molecule has 0 radical (unpaired) electrons. The summed E-state index contributed by atoms with van der Waals surface area (Å²) in [6.45, 7) is 1.19. The topological polar surface area (TPSA) is 70.2 Å². The normalized spacial score (nSPS) is 17.5. The molecule has 0 aliphatic carbocycles. The van der Waals surface area contributed by atoms with Crippen molar-refractivity contribution in [2.24, 2.45) is 0 Å². The van der Waals surface area contributed by atoms with Crippen LogP contribution in [0.1, 0.15) is 28.8 Å². The van der Waals surface area contributed by atoms with Crippen LogP contribution in [0.3, 0.4) is 0 Å². The summed E-state index contributed by atoms with van der Waals surface area (Å²) < 4.78 is 38.6. The number of rotatable bonds is 4. The summed E-state index contributed by atoms with van der Waals surface area (Å²) in [7, 11) is 0. The molecule has 3 N–H and O–H groups in total. The van der Waals surface area contributed by atoms with Crippen molar-refractivity contribution in [3.05, 3.63) is 35.4 Å². The van der Waals surface area contributed by atoms with Gasteiger partial charge in [0, 0.05) is 12.6 Å². The molecule has 9 heteroatoms. The Hall–Kier alpha value is -1.80. The van der Waals surface area contributed by atoms with Gasteiger partial charge in [0.05, 0.1) is 17.7 Å². The second-order valence-corrected chi connectivity index (χ2v) is 5.34. The predicted octanol–water partition coefficient (Wildman–Crippen LogP) is 1.73. The maximum atomic E-state index is 12.9. The molecule has 1 aromatic rings. The molecule has 24 heavy (non-hydrogen) atoms. The first-order valence-electron chi connectivity index (χ1n) is 7.32. The minimum Gasteiger partial charge on any atom is -0.351 e. The van der Waals surface area contributed by atoms with Gasteiger partial charge in [-0.25, -0.2) is 0 Å². The third-order valence-electron chi connectivity index (χ3n) is 3.55. The first-order chi connectivity index (χ1) is 10.9. The van der Waals surface area contributed by atoms with E-state index in [9.17, 15) is 22.8 Å². The standard InChI is InChI=1S/C15H18F3N3O2.ClH/c16-15(17,18)12-6-2-1-5-11(12)14(23)20-9-13(22)21-10-4-3-7-19-8-10;/h1-2,5-6,10,19H,3-4,7-9H2,(H,20,23)(H,21,22);1H/t10-;/m0./s1. The van der Waals surface area contributed by atoms with Gasteiger partial charge in [0.15, 0.2) is 0 Å². The van der Waals surface area contributed by atoms with Crippen molar-refractivity contribution in [1.29, 1.82) is 0 Å². The molecule has 1 atom stereocenters. The summed E-state index contributed by atoms with van der Waals surface area (Å²) in [6, 6.07) is 4.46. The number of carbonyl (C=O) groups excluding carboxylic acids is 2. The van der Waals surface area contributed by atoms with Crippen LogP contribution < -0.4 is 16.0 Å². The molecular weight excluding hydrogens is 347 g/mol. The monoisotopic (exact) mass is 365 g/mol. The average Bonchev–Trinajstić information content (AvgIpc) is 2.53. The highest BCUT2D eigenvalue weighted by atomic mass is 35.5. The van der Waals surface area contributed by atoms with Crippen LogP contribution in [0.15, 0.2) is 24.3 Å². The Labute approximate surface area is 143 Å². The van der Waals surface area contributed by atoms with Crippen LogP contribution in [-0.4, -0.2) is 37.5 Å². The number of benzene rings is 1. The van der Waals surface area contributed by atoms with Gasteiger partial charge < -0.3 is 16.0 Å². The van der Waals surface area contributed by atoms with Gasteiger partial charge >= 0.3 is 6.18 Å².